The number of nitrogens with one attached hydrogen (secondary N) is 1. The van der Waals surface area contributed by atoms with Crippen molar-refractivity contribution < 1.29 is 33.4 Å². The third-order valence-corrected chi connectivity index (χ3v) is 6.72. The summed E-state index contributed by atoms with van der Waals surface area (Å²) >= 11 is 0. The van der Waals surface area contributed by atoms with Gasteiger partial charge in [0.15, 0.2) is 5.82 Å². The van der Waals surface area contributed by atoms with Gasteiger partial charge in [-0.2, -0.15) is 0 Å². The Kier molecular flexibility index (Phi) is 12.0. The minimum absolute atomic E-state index is 0.0295. The van der Waals surface area contributed by atoms with E-state index in [0.29, 0.717) is 31.0 Å². The fourth-order valence-electron chi connectivity index (χ4n) is 4.50. The molecule has 0 aliphatic carbocycles. The molecule has 2 aromatic rings. The molecule has 0 saturated carbocycles. The Bertz CT molecular complexity index is 1260. The van der Waals surface area contributed by atoms with Crippen LogP contribution in [0.2, 0.25) is 0 Å². The van der Waals surface area contributed by atoms with E-state index in [0.717, 1.165) is 5.56 Å². The Labute approximate surface area is 253 Å². The molecule has 234 valence electrons. The van der Waals surface area contributed by atoms with Gasteiger partial charge in [0, 0.05) is 57.4 Å². The number of hydrogen-bond donors (Lipinski definition) is 1. The monoisotopic (exact) mass is 597 g/mol. The van der Waals surface area contributed by atoms with Crippen LogP contribution in [0.3, 0.4) is 0 Å². The van der Waals surface area contributed by atoms with Crippen molar-refractivity contribution in [3.63, 3.8) is 0 Å². The molecule has 2 atom stereocenters. The van der Waals surface area contributed by atoms with Crippen LogP contribution >= 0.6 is 0 Å². The third kappa shape index (κ3) is 10.3. The average molecular weight is 598 g/mol. The van der Waals surface area contributed by atoms with Crippen LogP contribution in [0.4, 0.5) is 4.79 Å². The summed E-state index contributed by atoms with van der Waals surface area (Å²) in [5.74, 6) is -1.03. The van der Waals surface area contributed by atoms with Gasteiger partial charge in [0.25, 0.3) is 5.91 Å². The molecule has 2 heterocycles. The number of esters is 1. The highest BCUT2D eigenvalue weighted by Crippen LogP contribution is 2.18. The number of methoxy groups -OCH3 is 1. The Balaban J connectivity index is 1.84. The van der Waals surface area contributed by atoms with Crippen molar-refractivity contribution in [3.05, 3.63) is 47.8 Å². The maximum atomic E-state index is 13.7. The summed E-state index contributed by atoms with van der Waals surface area (Å²) in [7, 11) is 1.60. The van der Waals surface area contributed by atoms with Crippen LogP contribution in [0.1, 0.15) is 63.6 Å². The summed E-state index contributed by atoms with van der Waals surface area (Å²) < 4.78 is 15.9. The standard InChI is InChI=1S/C31H43N5O7/c1-7-42-30(40)36-17-15-35(16-18-36)29(39)24(13-14-26(37)43-31(3,4)5)34-28(38)25-20-23(19-21(2)41-6)32-27(33-25)22-11-9-8-10-12-22/h8-12,20-21,24H,7,13-19H2,1-6H3,(H,34,38)/t21-,24?/m0/s1. The minimum atomic E-state index is -1.02. The zero-order chi connectivity index (χ0) is 31.6. The number of aromatic nitrogens is 2. The van der Waals surface area contributed by atoms with Gasteiger partial charge >= 0.3 is 12.1 Å². The van der Waals surface area contributed by atoms with E-state index in [4.69, 9.17) is 14.2 Å². The van der Waals surface area contributed by atoms with Crippen LogP contribution in [-0.4, -0.2) is 101 Å². The lowest BCUT2D eigenvalue weighted by Crippen LogP contribution is -2.56. The van der Waals surface area contributed by atoms with Crippen molar-refractivity contribution in [2.24, 2.45) is 0 Å². The van der Waals surface area contributed by atoms with Gasteiger partial charge in [0.1, 0.15) is 17.3 Å². The van der Waals surface area contributed by atoms with Gasteiger partial charge in [-0.25, -0.2) is 14.8 Å². The largest absolute Gasteiger partial charge is 0.460 e. The van der Waals surface area contributed by atoms with E-state index in [1.165, 1.54) is 4.90 Å². The number of carbonyl (C=O) groups excluding carboxylic acids is 4. The van der Waals surface area contributed by atoms with Crippen LogP contribution in [0, 0.1) is 0 Å². The first-order valence-electron chi connectivity index (χ1n) is 14.6. The fraction of sp³-hybridized carbons (Fsp3) is 0.548. The van der Waals surface area contributed by atoms with E-state index in [2.05, 4.69) is 15.3 Å². The van der Waals surface area contributed by atoms with Gasteiger partial charge in [-0.3, -0.25) is 14.4 Å². The molecule has 1 saturated heterocycles. The van der Waals surface area contributed by atoms with E-state index < -0.39 is 29.6 Å². The number of amides is 3. The van der Waals surface area contributed by atoms with E-state index in [1.54, 1.807) is 45.8 Å². The Morgan fingerprint density at radius 2 is 1.65 bits per heavy atom. The highest BCUT2D eigenvalue weighted by Gasteiger charge is 2.32. The maximum Gasteiger partial charge on any atom is 0.409 e. The van der Waals surface area contributed by atoms with Gasteiger partial charge < -0.3 is 29.3 Å². The molecule has 0 bridgehead atoms. The summed E-state index contributed by atoms with van der Waals surface area (Å²) in [6.07, 6.45) is -0.175. The van der Waals surface area contributed by atoms with E-state index in [1.807, 2.05) is 37.3 Å². The zero-order valence-corrected chi connectivity index (χ0v) is 25.9. The second-order valence-electron chi connectivity index (χ2n) is 11.3. The molecular weight excluding hydrogens is 554 g/mol. The van der Waals surface area contributed by atoms with Gasteiger partial charge in [-0.1, -0.05) is 30.3 Å². The van der Waals surface area contributed by atoms with Crippen LogP contribution in [0.25, 0.3) is 11.4 Å². The molecule has 1 fully saturated rings. The molecule has 3 amide bonds. The minimum Gasteiger partial charge on any atom is -0.460 e. The Hall–Kier alpha value is -4.06. The molecule has 12 heteroatoms. The van der Waals surface area contributed by atoms with Crippen LogP contribution in [-0.2, 0) is 30.2 Å². The Morgan fingerprint density at radius 1 is 1.00 bits per heavy atom. The topological polar surface area (TPSA) is 140 Å². The summed E-state index contributed by atoms with van der Waals surface area (Å²) in [5, 5.41) is 2.81. The summed E-state index contributed by atoms with van der Waals surface area (Å²) in [4.78, 5) is 64.2. The SMILES string of the molecule is CCOC(=O)N1CCN(C(=O)C(CCC(=O)OC(C)(C)C)NC(=O)c2cc(C[C@H](C)OC)nc(-c3ccccc3)n2)CC1. The van der Waals surface area contributed by atoms with Gasteiger partial charge in [0.05, 0.1) is 12.7 Å². The molecule has 43 heavy (non-hydrogen) atoms. The molecule has 0 radical (unpaired) electrons. The second kappa shape index (κ2) is 15.4. The van der Waals surface area contributed by atoms with Crippen molar-refractivity contribution in [3.8, 4) is 11.4 Å². The number of carbonyl (C=O) groups is 4. The summed E-state index contributed by atoms with van der Waals surface area (Å²) in [6.45, 7) is 10.3. The molecule has 1 aromatic heterocycles. The molecule has 0 spiro atoms. The number of rotatable bonds is 11. The Morgan fingerprint density at radius 3 is 2.26 bits per heavy atom. The number of nitrogens with zero attached hydrogens (tertiary/aromatic N) is 4. The molecule has 1 aliphatic heterocycles. The molecule has 3 rings (SSSR count). The van der Waals surface area contributed by atoms with E-state index >= 15 is 0 Å². The van der Waals surface area contributed by atoms with E-state index in [-0.39, 0.29) is 50.2 Å². The summed E-state index contributed by atoms with van der Waals surface area (Å²) in [6, 6.07) is 9.86. The van der Waals surface area contributed by atoms with Crippen molar-refractivity contribution in [2.45, 2.75) is 71.6 Å². The lowest BCUT2D eigenvalue weighted by atomic mass is 10.1. The van der Waals surface area contributed by atoms with Crippen molar-refractivity contribution in [2.75, 3.05) is 39.9 Å². The lowest BCUT2D eigenvalue weighted by Gasteiger charge is -2.36. The highest BCUT2D eigenvalue weighted by atomic mass is 16.6. The predicted molar refractivity (Wildman–Crippen MR) is 159 cm³/mol. The number of benzene rings is 1. The quantitative estimate of drug-likeness (QED) is 0.387. The molecule has 1 unspecified atom stereocenters. The van der Waals surface area contributed by atoms with Crippen molar-refractivity contribution in [1.82, 2.24) is 25.1 Å². The molecule has 1 aromatic carbocycles. The normalized spacial score (nSPS) is 14.9. The number of ether oxygens (including phenoxy) is 3. The molecule has 1 N–H and O–H groups in total. The predicted octanol–water partition coefficient (Wildman–Crippen LogP) is 3.24. The molecule has 1 aliphatic rings. The van der Waals surface area contributed by atoms with Crippen LogP contribution in [0.15, 0.2) is 36.4 Å². The van der Waals surface area contributed by atoms with Crippen molar-refractivity contribution >= 4 is 23.9 Å². The smallest absolute Gasteiger partial charge is 0.409 e. The van der Waals surface area contributed by atoms with Gasteiger partial charge in [-0.05, 0) is 47.1 Å². The van der Waals surface area contributed by atoms with E-state index in [9.17, 15) is 19.2 Å². The fourth-order valence-corrected chi connectivity index (χ4v) is 4.50. The lowest BCUT2D eigenvalue weighted by molar-refractivity contribution is -0.155. The second-order valence-corrected chi connectivity index (χ2v) is 11.3. The van der Waals surface area contributed by atoms with Crippen LogP contribution in [0.5, 0.6) is 0 Å². The number of piperazine rings is 1. The van der Waals surface area contributed by atoms with Crippen molar-refractivity contribution in [1.29, 1.82) is 0 Å². The van der Waals surface area contributed by atoms with Crippen LogP contribution < -0.4 is 5.32 Å². The number of hydrogen-bond acceptors (Lipinski definition) is 9. The molecule has 12 nitrogen and oxygen atoms in total. The highest BCUT2D eigenvalue weighted by molar-refractivity contribution is 5.96. The summed E-state index contributed by atoms with van der Waals surface area (Å²) in [5.41, 5.74) is 0.753. The van der Waals surface area contributed by atoms with Gasteiger partial charge in [-0.15, -0.1) is 0 Å². The molecular formula is C31H43N5O7. The third-order valence-electron chi connectivity index (χ3n) is 6.72. The first kappa shape index (κ1) is 33.4. The first-order valence-corrected chi connectivity index (χ1v) is 14.6. The maximum absolute atomic E-state index is 13.7. The first-order chi connectivity index (χ1) is 20.4. The zero-order valence-electron chi connectivity index (χ0n) is 25.9. The van der Waals surface area contributed by atoms with Gasteiger partial charge in [0.2, 0.25) is 5.91 Å². The average Bonchev–Trinajstić information content (AvgIpc) is 2.98.